The highest BCUT2D eigenvalue weighted by atomic mass is 32.2. The molecule has 204 valence electrons. The molecule has 4 aromatic carbocycles. The molecular weight excluding hydrogens is 526 g/mol. The van der Waals surface area contributed by atoms with E-state index in [2.05, 4.69) is 0 Å². The summed E-state index contributed by atoms with van der Waals surface area (Å²) in [6.07, 6.45) is 0. The van der Waals surface area contributed by atoms with Gasteiger partial charge in [-0.25, -0.2) is 9.10 Å². The number of carboxylic acid groups (broad SMARTS) is 1. The van der Waals surface area contributed by atoms with Crippen LogP contribution in [0.5, 0.6) is 5.75 Å². The summed E-state index contributed by atoms with van der Waals surface area (Å²) in [5, 5.41) is 19.6. The SMILES string of the molecule is Cc1ccc(SN(C)CC(=O)N(Cc2ccc(-c3ccc(C(N)=O)cc3)cc2)c2ccc(C(=O)O)c(O)c2)cc1. The Hall–Kier alpha value is -4.60. The Bertz CT molecular complexity index is 1520. The van der Waals surface area contributed by atoms with Gasteiger partial charge in [0.05, 0.1) is 13.1 Å². The first-order valence-electron chi connectivity index (χ1n) is 12.4. The third-order valence-corrected chi connectivity index (χ3v) is 7.19. The predicted octanol–water partition coefficient (Wildman–Crippen LogP) is 5.34. The van der Waals surface area contributed by atoms with Crippen LogP contribution in [-0.2, 0) is 11.3 Å². The Morgan fingerprint density at radius 1 is 0.850 bits per heavy atom. The molecular formula is C31H29N3O5S. The number of hydrogen-bond donors (Lipinski definition) is 3. The van der Waals surface area contributed by atoms with E-state index in [1.165, 1.54) is 35.0 Å². The van der Waals surface area contributed by atoms with E-state index in [1.54, 1.807) is 12.1 Å². The van der Waals surface area contributed by atoms with Crippen molar-refractivity contribution in [2.45, 2.75) is 18.4 Å². The molecule has 4 aromatic rings. The van der Waals surface area contributed by atoms with Crippen LogP contribution in [0.25, 0.3) is 11.1 Å². The van der Waals surface area contributed by atoms with E-state index in [1.807, 2.05) is 78.9 Å². The Kier molecular flexibility index (Phi) is 8.88. The minimum Gasteiger partial charge on any atom is -0.507 e. The molecule has 0 unspecified atom stereocenters. The average Bonchev–Trinajstić information content (AvgIpc) is 2.93. The van der Waals surface area contributed by atoms with Gasteiger partial charge in [-0.15, -0.1) is 0 Å². The lowest BCUT2D eigenvalue weighted by molar-refractivity contribution is -0.118. The second-order valence-electron chi connectivity index (χ2n) is 9.32. The number of phenols is 1. The molecule has 0 aliphatic rings. The number of primary amides is 1. The summed E-state index contributed by atoms with van der Waals surface area (Å²) in [4.78, 5) is 38.8. The highest BCUT2D eigenvalue weighted by Crippen LogP contribution is 2.28. The fourth-order valence-corrected chi connectivity index (χ4v) is 4.88. The number of nitrogens with two attached hydrogens (primary N) is 1. The monoisotopic (exact) mass is 555 g/mol. The molecule has 4 rings (SSSR count). The lowest BCUT2D eigenvalue weighted by Crippen LogP contribution is -2.36. The fourth-order valence-electron chi connectivity index (χ4n) is 4.09. The molecule has 0 saturated heterocycles. The molecule has 8 nitrogen and oxygen atoms in total. The zero-order valence-electron chi connectivity index (χ0n) is 22.1. The van der Waals surface area contributed by atoms with Crippen LogP contribution in [0, 0.1) is 6.92 Å². The average molecular weight is 556 g/mol. The summed E-state index contributed by atoms with van der Waals surface area (Å²) >= 11 is 1.44. The van der Waals surface area contributed by atoms with Crippen molar-refractivity contribution in [2.75, 3.05) is 18.5 Å². The number of aromatic carboxylic acids is 1. The van der Waals surface area contributed by atoms with Gasteiger partial charge in [-0.1, -0.05) is 54.1 Å². The first kappa shape index (κ1) is 28.4. The molecule has 0 radical (unpaired) electrons. The Balaban J connectivity index is 1.56. The number of benzene rings is 4. The van der Waals surface area contributed by atoms with Crippen LogP contribution in [0.1, 0.15) is 31.8 Å². The third-order valence-electron chi connectivity index (χ3n) is 6.26. The first-order chi connectivity index (χ1) is 19.1. The zero-order chi connectivity index (χ0) is 28.8. The molecule has 0 bridgehead atoms. The van der Waals surface area contributed by atoms with E-state index >= 15 is 0 Å². The number of carbonyl (C=O) groups excluding carboxylic acids is 2. The van der Waals surface area contributed by atoms with Crippen molar-refractivity contribution in [3.05, 3.63) is 113 Å². The van der Waals surface area contributed by atoms with E-state index in [0.717, 1.165) is 27.1 Å². The minimum atomic E-state index is -1.25. The van der Waals surface area contributed by atoms with Gasteiger partial charge >= 0.3 is 5.97 Å². The van der Waals surface area contributed by atoms with E-state index in [-0.39, 0.29) is 24.6 Å². The largest absolute Gasteiger partial charge is 0.507 e. The van der Waals surface area contributed by atoms with Crippen molar-refractivity contribution < 1.29 is 24.6 Å². The Morgan fingerprint density at radius 3 is 2.00 bits per heavy atom. The number of likely N-dealkylation sites (N-methyl/N-ethyl adjacent to an activating group) is 1. The Labute approximate surface area is 236 Å². The number of carboxylic acids is 1. The van der Waals surface area contributed by atoms with Gasteiger partial charge < -0.3 is 20.8 Å². The van der Waals surface area contributed by atoms with Crippen molar-refractivity contribution in [2.24, 2.45) is 5.73 Å². The summed E-state index contributed by atoms with van der Waals surface area (Å²) in [7, 11) is 1.82. The summed E-state index contributed by atoms with van der Waals surface area (Å²) in [6, 6.07) is 26.7. The van der Waals surface area contributed by atoms with Gasteiger partial charge in [-0.3, -0.25) is 9.59 Å². The van der Waals surface area contributed by atoms with Crippen LogP contribution < -0.4 is 10.6 Å². The predicted molar refractivity (Wildman–Crippen MR) is 156 cm³/mol. The van der Waals surface area contributed by atoms with Gasteiger partial charge in [0.25, 0.3) is 0 Å². The van der Waals surface area contributed by atoms with Gasteiger partial charge in [0, 0.05) is 22.2 Å². The van der Waals surface area contributed by atoms with Crippen LogP contribution in [0.4, 0.5) is 5.69 Å². The molecule has 0 heterocycles. The van der Waals surface area contributed by atoms with E-state index in [0.29, 0.717) is 11.3 Å². The summed E-state index contributed by atoms with van der Waals surface area (Å²) in [5.74, 6) is -2.39. The van der Waals surface area contributed by atoms with Gasteiger partial charge in [0.1, 0.15) is 11.3 Å². The van der Waals surface area contributed by atoms with Crippen LogP contribution >= 0.6 is 11.9 Å². The topological polar surface area (TPSA) is 124 Å². The van der Waals surface area contributed by atoms with E-state index in [4.69, 9.17) is 5.73 Å². The molecule has 2 amide bonds. The number of aromatic hydroxyl groups is 1. The molecule has 0 saturated carbocycles. The van der Waals surface area contributed by atoms with Crippen LogP contribution in [0.15, 0.2) is 95.9 Å². The number of nitrogens with zero attached hydrogens (tertiary/aromatic N) is 2. The lowest BCUT2D eigenvalue weighted by atomic mass is 10.0. The second kappa shape index (κ2) is 12.5. The third kappa shape index (κ3) is 7.07. The lowest BCUT2D eigenvalue weighted by Gasteiger charge is -2.26. The maximum Gasteiger partial charge on any atom is 0.339 e. The van der Waals surface area contributed by atoms with Crippen LogP contribution in [-0.4, -0.2) is 45.9 Å². The van der Waals surface area contributed by atoms with Gasteiger partial charge in [0.2, 0.25) is 11.8 Å². The molecule has 40 heavy (non-hydrogen) atoms. The summed E-state index contributed by atoms with van der Waals surface area (Å²) in [5.41, 5.74) is 9.71. The molecule has 0 aliphatic carbocycles. The van der Waals surface area contributed by atoms with E-state index in [9.17, 15) is 24.6 Å². The van der Waals surface area contributed by atoms with Crippen molar-refractivity contribution in [3.8, 4) is 16.9 Å². The number of amides is 2. The molecule has 4 N–H and O–H groups in total. The molecule has 0 aliphatic heterocycles. The molecule has 9 heteroatoms. The zero-order valence-corrected chi connectivity index (χ0v) is 22.9. The molecule has 0 spiro atoms. The maximum absolute atomic E-state index is 13.5. The first-order valence-corrected chi connectivity index (χ1v) is 13.2. The molecule has 0 fully saturated rings. The molecule has 0 aromatic heterocycles. The number of carbonyl (C=O) groups is 3. The smallest absolute Gasteiger partial charge is 0.339 e. The highest BCUT2D eigenvalue weighted by Gasteiger charge is 2.21. The van der Waals surface area contributed by atoms with Gasteiger partial charge in [-0.2, -0.15) is 0 Å². The minimum absolute atomic E-state index is 0.0737. The normalized spacial score (nSPS) is 10.9. The quantitative estimate of drug-likeness (QED) is 0.226. The summed E-state index contributed by atoms with van der Waals surface area (Å²) in [6.45, 7) is 2.29. The van der Waals surface area contributed by atoms with Gasteiger partial charge in [0.15, 0.2) is 0 Å². The number of anilines is 1. The maximum atomic E-state index is 13.5. The molecule has 0 atom stereocenters. The van der Waals surface area contributed by atoms with Crippen molar-refractivity contribution >= 4 is 35.4 Å². The van der Waals surface area contributed by atoms with Crippen LogP contribution in [0.3, 0.4) is 0 Å². The summed E-state index contributed by atoms with van der Waals surface area (Å²) < 4.78 is 1.82. The standard InChI is InChI=1S/C31H29N3O5S/c1-20-3-14-26(15-4-20)40-33(2)19-29(36)34(25-13-16-27(31(38)39)28(35)17-25)18-21-5-7-22(8-6-21)23-9-11-24(12-10-23)30(32)37/h3-17,35H,18-19H2,1-2H3,(H2,32,37)(H,38,39). The second-order valence-corrected chi connectivity index (χ2v) is 10.6. The Morgan fingerprint density at radius 2 is 1.45 bits per heavy atom. The highest BCUT2D eigenvalue weighted by molar-refractivity contribution is 7.97. The fraction of sp³-hybridized carbons (Fsp3) is 0.129. The number of aryl methyl sites for hydroxylation is 1. The van der Waals surface area contributed by atoms with Crippen molar-refractivity contribution in [1.82, 2.24) is 4.31 Å². The van der Waals surface area contributed by atoms with Crippen molar-refractivity contribution in [1.29, 1.82) is 0 Å². The van der Waals surface area contributed by atoms with Gasteiger partial charge in [-0.05, 0) is 79.0 Å². The van der Waals surface area contributed by atoms with Crippen LogP contribution in [0.2, 0.25) is 0 Å². The number of rotatable bonds is 10. The number of hydrogen-bond acceptors (Lipinski definition) is 6. The van der Waals surface area contributed by atoms with E-state index < -0.39 is 17.6 Å². The van der Waals surface area contributed by atoms with Crippen molar-refractivity contribution in [3.63, 3.8) is 0 Å².